The number of carbonyl (C=O) groups is 2. The van der Waals surface area contributed by atoms with E-state index in [1.807, 2.05) is 5.64 Å². The van der Waals surface area contributed by atoms with Gasteiger partial charge in [-0.05, 0) is 26.4 Å². The Balaban J connectivity index is -0.000000845. The minimum atomic E-state index is -0.561. The molecule has 84 valence electrons. The molecule has 0 aliphatic heterocycles. The summed E-state index contributed by atoms with van der Waals surface area (Å²) >= 11 is 0. The molecular formula is C8H16NNaO5. The van der Waals surface area contributed by atoms with Crippen molar-refractivity contribution < 1.29 is 55.0 Å². The molecule has 0 saturated carbocycles. The van der Waals surface area contributed by atoms with Crippen LogP contribution in [0.3, 0.4) is 0 Å². The summed E-state index contributed by atoms with van der Waals surface area (Å²) < 4.78 is 4.90. The standard InChI is InChI=1S/C8H15NO5.Na.H/c1-6(10)14-9-12-5-7(11)13-8(2,3)4;;/h9H,5H2,1-4H3;;/q;+1;-1. The van der Waals surface area contributed by atoms with Crippen LogP contribution >= 0.6 is 0 Å². The van der Waals surface area contributed by atoms with Gasteiger partial charge in [-0.1, -0.05) is 0 Å². The molecule has 0 unspecified atom stereocenters. The van der Waals surface area contributed by atoms with Gasteiger partial charge < -0.3 is 11.0 Å². The molecule has 15 heavy (non-hydrogen) atoms. The second-order valence-corrected chi connectivity index (χ2v) is 3.55. The summed E-state index contributed by atoms with van der Waals surface area (Å²) in [5, 5.41) is 0. The topological polar surface area (TPSA) is 73.9 Å². The molecule has 0 atom stereocenters. The maximum absolute atomic E-state index is 11.0. The zero-order valence-corrected chi connectivity index (χ0v) is 11.7. The van der Waals surface area contributed by atoms with Gasteiger partial charge in [0.15, 0.2) is 6.61 Å². The number of ether oxygens (including phenoxy) is 1. The van der Waals surface area contributed by atoms with Gasteiger partial charge in [-0.15, -0.1) is 0 Å². The summed E-state index contributed by atoms with van der Waals surface area (Å²) in [5.74, 6) is -1.11. The van der Waals surface area contributed by atoms with Gasteiger partial charge in [-0.2, -0.15) is 0 Å². The molecule has 0 aliphatic carbocycles. The molecule has 0 aromatic heterocycles. The fourth-order valence-corrected chi connectivity index (χ4v) is 0.547. The van der Waals surface area contributed by atoms with E-state index in [1.165, 1.54) is 6.92 Å². The minimum absolute atomic E-state index is 0. The van der Waals surface area contributed by atoms with E-state index in [0.717, 1.165) is 0 Å². The molecule has 0 spiro atoms. The molecule has 6 nitrogen and oxygen atoms in total. The van der Waals surface area contributed by atoms with Crippen molar-refractivity contribution in [3.8, 4) is 0 Å². The first kappa shape index (κ1) is 17.3. The smallest absolute Gasteiger partial charge is 1.00 e. The maximum Gasteiger partial charge on any atom is 1.00 e. The molecule has 0 saturated heterocycles. The van der Waals surface area contributed by atoms with Crippen LogP contribution in [0.4, 0.5) is 0 Å². The summed E-state index contributed by atoms with van der Waals surface area (Å²) in [4.78, 5) is 29.9. The molecule has 0 aromatic carbocycles. The third kappa shape index (κ3) is 13.9. The first-order valence-corrected chi connectivity index (χ1v) is 4.07. The van der Waals surface area contributed by atoms with E-state index in [2.05, 4.69) is 9.68 Å². The van der Waals surface area contributed by atoms with Crippen molar-refractivity contribution in [3.05, 3.63) is 0 Å². The number of carbonyl (C=O) groups excluding carboxylic acids is 2. The zero-order chi connectivity index (χ0) is 11.2. The van der Waals surface area contributed by atoms with Crippen LogP contribution in [0.2, 0.25) is 0 Å². The average molecular weight is 229 g/mol. The van der Waals surface area contributed by atoms with Gasteiger partial charge in [0.1, 0.15) is 5.60 Å². The van der Waals surface area contributed by atoms with Crippen LogP contribution in [0.1, 0.15) is 29.1 Å². The van der Waals surface area contributed by atoms with Crippen LogP contribution in [0.5, 0.6) is 0 Å². The summed E-state index contributed by atoms with van der Waals surface area (Å²) in [6.07, 6.45) is 0. The normalized spacial score (nSPS) is 10.1. The van der Waals surface area contributed by atoms with Crippen molar-refractivity contribution in [2.24, 2.45) is 0 Å². The van der Waals surface area contributed by atoms with E-state index in [4.69, 9.17) is 4.74 Å². The molecule has 0 amide bonds. The van der Waals surface area contributed by atoms with Gasteiger partial charge in [0, 0.05) is 6.92 Å². The third-order valence-corrected chi connectivity index (χ3v) is 0.854. The van der Waals surface area contributed by atoms with Crippen molar-refractivity contribution in [2.45, 2.75) is 33.3 Å². The fourth-order valence-electron chi connectivity index (χ4n) is 0.547. The molecule has 0 radical (unpaired) electrons. The number of esters is 1. The van der Waals surface area contributed by atoms with Crippen molar-refractivity contribution in [3.63, 3.8) is 0 Å². The summed E-state index contributed by atoms with van der Waals surface area (Å²) in [5.41, 5.74) is 1.30. The molecule has 1 N–H and O–H groups in total. The molecule has 0 bridgehead atoms. The Labute approximate surface area is 112 Å². The van der Waals surface area contributed by atoms with Gasteiger partial charge >= 0.3 is 41.5 Å². The van der Waals surface area contributed by atoms with Gasteiger partial charge in [-0.3, -0.25) is 9.63 Å². The van der Waals surface area contributed by atoms with E-state index in [-0.39, 0.29) is 37.6 Å². The van der Waals surface area contributed by atoms with Crippen molar-refractivity contribution in [1.82, 2.24) is 5.64 Å². The van der Waals surface area contributed by atoms with Crippen molar-refractivity contribution >= 4 is 11.9 Å². The van der Waals surface area contributed by atoms with Gasteiger partial charge in [0.2, 0.25) is 0 Å². The Morgan fingerprint density at radius 1 is 1.33 bits per heavy atom. The van der Waals surface area contributed by atoms with Gasteiger partial charge in [0.25, 0.3) is 0 Å². The second kappa shape index (κ2) is 8.06. The average Bonchev–Trinajstić information content (AvgIpc) is 1.94. The first-order valence-electron chi connectivity index (χ1n) is 4.07. The molecule has 0 aromatic rings. The molecular weight excluding hydrogens is 213 g/mol. The van der Waals surface area contributed by atoms with E-state index in [0.29, 0.717) is 0 Å². The Hall–Kier alpha value is -0.140. The van der Waals surface area contributed by atoms with Crippen LogP contribution < -0.4 is 35.2 Å². The predicted octanol–water partition coefficient (Wildman–Crippen LogP) is -2.56. The Kier molecular flexibility index (Phi) is 9.28. The van der Waals surface area contributed by atoms with Crippen LogP contribution in [-0.4, -0.2) is 24.1 Å². The fraction of sp³-hybridized carbons (Fsp3) is 0.750. The van der Waals surface area contributed by atoms with Crippen LogP contribution in [0.15, 0.2) is 0 Å². The predicted molar refractivity (Wildman–Crippen MR) is 47.8 cm³/mol. The molecule has 7 heteroatoms. The Morgan fingerprint density at radius 2 is 1.87 bits per heavy atom. The number of rotatable bonds is 4. The van der Waals surface area contributed by atoms with Crippen molar-refractivity contribution in [1.29, 1.82) is 0 Å². The number of nitrogens with one attached hydrogen (secondary N) is 1. The first-order chi connectivity index (χ1) is 6.31. The largest absolute Gasteiger partial charge is 1.00 e. The minimum Gasteiger partial charge on any atom is -1.00 e. The molecule has 0 aliphatic rings. The molecule has 0 heterocycles. The van der Waals surface area contributed by atoms with Gasteiger partial charge in [0.05, 0.1) is 0 Å². The molecule has 0 fully saturated rings. The van der Waals surface area contributed by atoms with E-state index >= 15 is 0 Å². The monoisotopic (exact) mass is 229 g/mol. The van der Waals surface area contributed by atoms with Gasteiger partial charge in [-0.25, -0.2) is 4.79 Å². The summed E-state index contributed by atoms with van der Waals surface area (Å²) in [6, 6.07) is 0. The van der Waals surface area contributed by atoms with Crippen molar-refractivity contribution in [2.75, 3.05) is 6.61 Å². The maximum atomic E-state index is 11.0. The second-order valence-electron chi connectivity index (χ2n) is 3.55. The summed E-state index contributed by atoms with van der Waals surface area (Å²) in [6.45, 7) is 6.09. The van der Waals surface area contributed by atoms with Crippen LogP contribution in [0, 0.1) is 0 Å². The van der Waals surface area contributed by atoms with E-state index in [1.54, 1.807) is 20.8 Å². The Morgan fingerprint density at radius 3 is 2.27 bits per heavy atom. The third-order valence-electron chi connectivity index (χ3n) is 0.854. The van der Waals surface area contributed by atoms with E-state index < -0.39 is 17.5 Å². The zero-order valence-electron chi connectivity index (χ0n) is 10.7. The Bertz CT molecular complexity index is 219. The number of hydrogen-bond acceptors (Lipinski definition) is 6. The SMILES string of the molecule is CC(=O)ONOCC(=O)OC(C)(C)C.[H-].[Na+]. The molecule has 0 rings (SSSR count). The van der Waals surface area contributed by atoms with Crippen LogP contribution in [0.25, 0.3) is 0 Å². The number of hydrogen-bond donors (Lipinski definition) is 1. The summed E-state index contributed by atoms with van der Waals surface area (Å²) in [7, 11) is 0. The van der Waals surface area contributed by atoms with E-state index in [9.17, 15) is 9.59 Å². The van der Waals surface area contributed by atoms with Crippen LogP contribution in [-0.2, 0) is 24.0 Å². The quantitative estimate of drug-likeness (QED) is 0.247.